The van der Waals surface area contributed by atoms with Crippen LogP contribution >= 0.6 is 0 Å². The molecule has 2 unspecified atom stereocenters. The molecule has 4 heteroatoms. The van der Waals surface area contributed by atoms with Crippen molar-refractivity contribution in [1.29, 1.82) is 0 Å². The maximum atomic E-state index is 12.0. The van der Waals surface area contributed by atoms with Crippen LogP contribution in [0.4, 0.5) is 0 Å². The summed E-state index contributed by atoms with van der Waals surface area (Å²) in [5, 5.41) is 9.86. The number of rotatable bonds is 4. The van der Waals surface area contributed by atoms with Gasteiger partial charge >= 0.3 is 5.97 Å². The van der Waals surface area contributed by atoms with Crippen molar-refractivity contribution < 1.29 is 14.6 Å². The Hall–Kier alpha value is -0.610. The summed E-state index contributed by atoms with van der Waals surface area (Å²) >= 11 is 0. The van der Waals surface area contributed by atoms with Gasteiger partial charge in [-0.05, 0) is 51.5 Å². The molecule has 0 radical (unpaired) electrons. The highest BCUT2D eigenvalue weighted by atomic mass is 16.5. The third-order valence-electron chi connectivity index (χ3n) is 4.56. The molecule has 0 spiro atoms. The lowest BCUT2D eigenvalue weighted by Gasteiger charge is -2.47. The first-order valence-corrected chi connectivity index (χ1v) is 7.74. The zero-order valence-corrected chi connectivity index (χ0v) is 12.2. The Morgan fingerprint density at radius 1 is 1.32 bits per heavy atom. The van der Waals surface area contributed by atoms with Gasteiger partial charge in [0.05, 0.1) is 18.6 Å². The van der Waals surface area contributed by atoms with Crippen molar-refractivity contribution in [3.05, 3.63) is 0 Å². The summed E-state index contributed by atoms with van der Waals surface area (Å²) in [5.41, 5.74) is 0. The van der Waals surface area contributed by atoms with Crippen molar-refractivity contribution in [3.63, 3.8) is 0 Å². The summed E-state index contributed by atoms with van der Waals surface area (Å²) in [4.78, 5) is 14.5. The Morgan fingerprint density at radius 2 is 2.11 bits per heavy atom. The maximum Gasteiger partial charge on any atom is 0.310 e. The predicted octanol–water partition coefficient (Wildman–Crippen LogP) is 1.81. The number of esters is 1. The van der Waals surface area contributed by atoms with Crippen LogP contribution in [0.2, 0.25) is 0 Å². The summed E-state index contributed by atoms with van der Waals surface area (Å²) in [5.74, 6) is 0.402. The minimum Gasteiger partial charge on any atom is -0.466 e. The summed E-state index contributed by atoms with van der Waals surface area (Å²) in [6.45, 7) is 6.38. The van der Waals surface area contributed by atoms with E-state index in [1.54, 1.807) is 0 Å². The van der Waals surface area contributed by atoms with E-state index in [0.29, 0.717) is 18.6 Å². The monoisotopic (exact) mass is 269 g/mol. The number of aliphatic hydroxyl groups excluding tert-OH is 1. The van der Waals surface area contributed by atoms with Crippen molar-refractivity contribution in [2.24, 2.45) is 11.8 Å². The summed E-state index contributed by atoms with van der Waals surface area (Å²) in [6, 6.07) is 0.564. The molecule has 2 fully saturated rings. The second-order valence-electron chi connectivity index (χ2n) is 5.97. The summed E-state index contributed by atoms with van der Waals surface area (Å²) < 4.78 is 5.19. The SMILES string of the molecule is CCCN1C[C@H](C(=O)OCC)C[C@@H]2CC(O)CCC21. The average molecular weight is 269 g/mol. The quantitative estimate of drug-likeness (QED) is 0.791. The largest absolute Gasteiger partial charge is 0.466 e. The van der Waals surface area contributed by atoms with Gasteiger partial charge in [-0.25, -0.2) is 0 Å². The Labute approximate surface area is 116 Å². The van der Waals surface area contributed by atoms with Gasteiger partial charge in [-0.2, -0.15) is 0 Å². The molecular weight excluding hydrogens is 242 g/mol. The fourth-order valence-electron chi connectivity index (χ4n) is 3.79. The van der Waals surface area contributed by atoms with Crippen molar-refractivity contribution in [3.8, 4) is 0 Å². The topological polar surface area (TPSA) is 49.8 Å². The van der Waals surface area contributed by atoms with E-state index in [1.165, 1.54) is 0 Å². The highest BCUT2D eigenvalue weighted by Gasteiger charge is 2.41. The Morgan fingerprint density at radius 3 is 2.79 bits per heavy atom. The second-order valence-corrected chi connectivity index (χ2v) is 5.97. The minimum absolute atomic E-state index is 0.00181. The van der Waals surface area contributed by atoms with Crippen LogP contribution in [-0.2, 0) is 9.53 Å². The molecule has 1 saturated carbocycles. The van der Waals surface area contributed by atoms with E-state index in [2.05, 4.69) is 11.8 Å². The zero-order chi connectivity index (χ0) is 13.8. The molecule has 2 aliphatic rings. The van der Waals surface area contributed by atoms with Gasteiger partial charge in [-0.1, -0.05) is 6.92 Å². The van der Waals surface area contributed by atoms with Crippen molar-refractivity contribution in [1.82, 2.24) is 4.90 Å². The number of likely N-dealkylation sites (tertiary alicyclic amines) is 1. The van der Waals surface area contributed by atoms with Crippen LogP contribution in [0.3, 0.4) is 0 Å². The highest BCUT2D eigenvalue weighted by Crippen LogP contribution is 2.38. The molecule has 1 heterocycles. The standard InChI is InChI=1S/C15H27NO3/c1-3-7-16-10-12(15(18)19-4-2)8-11-9-13(17)5-6-14(11)16/h11-14,17H,3-10H2,1-2H3/t11-,12-,13?,14?/m1/s1. The third kappa shape index (κ3) is 3.48. The van der Waals surface area contributed by atoms with Gasteiger partial charge in [-0.15, -0.1) is 0 Å². The van der Waals surface area contributed by atoms with Crippen molar-refractivity contribution in [2.45, 2.75) is 58.1 Å². The zero-order valence-electron chi connectivity index (χ0n) is 12.2. The molecule has 0 aromatic carbocycles. The number of piperidine rings is 1. The summed E-state index contributed by atoms with van der Waals surface area (Å²) in [7, 11) is 0. The van der Waals surface area contributed by atoms with Crippen LogP contribution in [0.15, 0.2) is 0 Å². The Balaban J connectivity index is 2.04. The fourth-order valence-corrected chi connectivity index (χ4v) is 3.79. The molecular formula is C15H27NO3. The number of carbonyl (C=O) groups is 1. The van der Waals surface area contributed by atoms with Gasteiger partial charge in [0.25, 0.3) is 0 Å². The van der Waals surface area contributed by atoms with E-state index in [4.69, 9.17) is 4.74 Å². The number of fused-ring (bicyclic) bond motifs is 1. The molecule has 1 aliphatic heterocycles. The Kier molecular flexibility index (Phi) is 5.22. The van der Waals surface area contributed by atoms with Gasteiger partial charge in [0.2, 0.25) is 0 Å². The van der Waals surface area contributed by atoms with E-state index in [9.17, 15) is 9.90 Å². The number of hydrogen-bond acceptors (Lipinski definition) is 4. The van der Waals surface area contributed by atoms with Crippen molar-refractivity contribution >= 4 is 5.97 Å². The number of hydrogen-bond donors (Lipinski definition) is 1. The first-order valence-electron chi connectivity index (χ1n) is 7.74. The maximum absolute atomic E-state index is 12.0. The molecule has 110 valence electrons. The molecule has 0 aromatic rings. The first-order chi connectivity index (χ1) is 9.15. The third-order valence-corrected chi connectivity index (χ3v) is 4.56. The van der Waals surface area contributed by atoms with Crippen molar-refractivity contribution in [2.75, 3.05) is 19.7 Å². The van der Waals surface area contributed by atoms with Crippen LogP contribution in [0.1, 0.15) is 46.0 Å². The molecule has 0 bridgehead atoms. The minimum atomic E-state index is -0.175. The normalized spacial score (nSPS) is 35.7. The lowest BCUT2D eigenvalue weighted by Crippen LogP contribution is -2.53. The smallest absolute Gasteiger partial charge is 0.310 e. The van der Waals surface area contributed by atoms with Crippen LogP contribution in [0.5, 0.6) is 0 Å². The molecule has 1 N–H and O–H groups in total. The van der Waals surface area contributed by atoms with Gasteiger partial charge in [0.15, 0.2) is 0 Å². The van der Waals surface area contributed by atoms with E-state index < -0.39 is 0 Å². The average Bonchev–Trinajstić information content (AvgIpc) is 2.38. The highest BCUT2D eigenvalue weighted by molar-refractivity contribution is 5.72. The molecule has 1 aliphatic carbocycles. The number of aliphatic hydroxyl groups is 1. The predicted molar refractivity (Wildman–Crippen MR) is 73.7 cm³/mol. The van der Waals surface area contributed by atoms with E-state index >= 15 is 0 Å². The second kappa shape index (κ2) is 6.71. The Bertz CT molecular complexity index is 300. The first kappa shape index (κ1) is 14.8. The van der Waals surface area contributed by atoms with Gasteiger partial charge in [0, 0.05) is 12.6 Å². The van der Waals surface area contributed by atoms with Crippen LogP contribution in [-0.4, -0.2) is 47.8 Å². The molecule has 19 heavy (non-hydrogen) atoms. The lowest BCUT2D eigenvalue weighted by atomic mass is 9.74. The molecule has 0 amide bonds. The molecule has 2 rings (SSSR count). The number of ether oxygens (including phenoxy) is 1. The van der Waals surface area contributed by atoms with E-state index in [0.717, 1.165) is 45.2 Å². The summed E-state index contributed by atoms with van der Waals surface area (Å²) in [6.07, 6.45) is 4.65. The van der Waals surface area contributed by atoms with Gasteiger partial charge in [-0.3, -0.25) is 9.69 Å². The van der Waals surface area contributed by atoms with Crippen LogP contribution in [0, 0.1) is 11.8 Å². The number of carbonyl (C=O) groups excluding carboxylic acids is 1. The molecule has 4 nitrogen and oxygen atoms in total. The molecule has 0 aromatic heterocycles. The fraction of sp³-hybridized carbons (Fsp3) is 0.933. The lowest BCUT2D eigenvalue weighted by molar-refractivity contribution is -0.153. The molecule has 1 saturated heterocycles. The molecule has 4 atom stereocenters. The van der Waals surface area contributed by atoms with E-state index in [-0.39, 0.29) is 18.0 Å². The van der Waals surface area contributed by atoms with Gasteiger partial charge < -0.3 is 9.84 Å². The van der Waals surface area contributed by atoms with Crippen LogP contribution in [0.25, 0.3) is 0 Å². The van der Waals surface area contributed by atoms with E-state index in [1.807, 2.05) is 6.92 Å². The van der Waals surface area contributed by atoms with Crippen LogP contribution < -0.4 is 0 Å². The number of nitrogens with zero attached hydrogens (tertiary/aromatic N) is 1. The van der Waals surface area contributed by atoms with Gasteiger partial charge in [0.1, 0.15) is 0 Å².